The van der Waals surface area contributed by atoms with Gasteiger partial charge >= 0.3 is 0 Å². The molecule has 2 aromatic carbocycles. The van der Waals surface area contributed by atoms with Crippen LogP contribution in [0.5, 0.6) is 0 Å². The largest absolute Gasteiger partial charge is 0.375 e. The molecule has 0 aliphatic carbocycles. The first-order chi connectivity index (χ1) is 11.2. The monoisotopic (exact) mass is 315 g/mol. The number of methoxy groups -OCH3 is 1. The van der Waals surface area contributed by atoms with E-state index in [4.69, 9.17) is 4.74 Å². The van der Waals surface area contributed by atoms with Crippen LogP contribution < -0.4 is 5.32 Å². The Labute approximate surface area is 136 Å². The highest BCUT2D eigenvalue weighted by molar-refractivity contribution is 5.75. The van der Waals surface area contributed by atoms with Gasteiger partial charge in [0.1, 0.15) is 5.82 Å². The SMILES string of the molecule is COC(CNC(=O)CCCc1ccccc1)c1cccc(F)c1. The zero-order chi connectivity index (χ0) is 16.5. The van der Waals surface area contributed by atoms with E-state index in [1.165, 1.54) is 17.7 Å². The molecule has 1 N–H and O–H groups in total. The average Bonchev–Trinajstić information content (AvgIpc) is 2.56. The summed E-state index contributed by atoms with van der Waals surface area (Å²) in [5, 5.41) is 2.85. The fourth-order valence-electron chi connectivity index (χ4n) is 2.44. The topological polar surface area (TPSA) is 38.3 Å². The molecular weight excluding hydrogens is 293 g/mol. The van der Waals surface area contributed by atoms with E-state index in [1.54, 1.807) is 19.2 Å². The summed E-state index contributed by atoms with van der Waals surface area (Å²) in [5.74, 6) is -0.321. The number of hydrogen-bond acceptors (Lipinski definition) is 2. The molecule has 0 heterocycles. The Hall–Kier alpha value is -2.20. The van der Waals surface area contributed by atoms with Crippen molar-refractivity contribution >= 4 is 5.91 Å². The molecule has 2 rings (SSSR count). The number of ether oxygens (including phenoxy) is 1. The van der Waals surface area contributed by atoms with Crippen molar-refractivity contribution in [3.63, 3.8) is 0 Å². The number of halogens is 1. The molecule has 2 aromatic rings. The molecule has 0 aromatic heterocycles. The van der Waals surface area contributed by atoms with Crippen molar-refractivity contribution in [2.75, 3.05) is 13.7 Å². The number of carbonyl (C=O) groups excluding carboxylic acids is 1. The molecule has 3 nitrogen and oxygen atoms in total. The van der Waals surface area contributed by atoms with E-state index >= 15 is 0 Å². The van der Waals surface area contributed by atoms with E-state index in [2.05, 4.69) is 17.4 Å². The minimum Gasteiger partial charge on any atom is -0.375 e. The van der Waals surface area contributed by atoms with Crippen molar-refractivity contribution in [3.8, 4) is 0 Å². The van der Waals surface area contributed by atoms with E-state index in [1.807, 2.05) is 18.2 Å². The lowest BCUT2D eigenvalue weighted by atomic mass is 10.1. The molecular formula is C19H22FNO2. The van der Waals surface area contributed by atoms with Gasteiger partial charge in [-0.2, -0.15) is 0 Å². The van der Waals surface area contributed by atoms with Crippen LogP contribution in [0.4, 0.5) is 4.39 Å². The van der Waals surface area contributed by atoms with Crippen molar-refractivity contribution < 1.29 is 13.9 Å². The maximum Gasteiger partial charge on any atom is 0.220 e. The van der Waals surface area contributed by atoms with Gasteiger partial charge in [0.2, 0.25) is 5.91 Å². The molecule has 0 aliphatic heterocycles. The zero-order valence-corrected chi connectivity index (χ0v) is 13.3. The van der Waals surface area contributed by atoms with E-state index in [0.29, 0.717) is 13.0 Å². The summed E-state index contributed by atoms with van der Waals surface area (Å²) >= 11 is 0. The molecule has 1 unspecified atom stereocenters. The molecule has 122 valence electrons. The Balaban J connectivity index is 1.74. The summed E-state index contributed by atoms with van der Waals surface area (Å²) < 4.78 is 18.6. The number of carbonyl (C=O) groups is 1. The molecule has 0 fully saturated rings. The van der Waals surface area contributed by atoms with Crippen LogP contribution in [-0.2, 0) is 16.0 Å². The third kappa shape index (κ3) is 5.83. The number of amides is 1. The van der Waals surface area contributed by atoms with E-state index in [9.17, 15) is 9.18 Å². The number of hydrogen-bond donors (Lipinski definition) is 1. The fourth-order valence-corrected chi connectivity index (χ4v) is 2.44. The van der Waals surface area contributed by atoms with Crippen molar-refractivity contribution in [1.82, 2.24) is 5.32 Å². The second-order valence-corrected chi connectivity index (χ2v) is 5.42. The predicted octanol–water partition coefficient (Wildman–Crippen LogP) is 3.65. The molecule has 4 heteroatoms. The summed E-state index contributed by atoms with van der Waals surface area (Å²) in [6, 6.07) is 16.3. The van der Waals surface area contributed by atoms with Crippen molar-refractivity contribution in [2.24, 2.45) is 0 Å². The number of aryl methyl sites for hydroxylation is 1. The van der Waals surface area contributed by atoms with Gasteiger partial charge in [0.05, 0.1) is 6.10 Å². The van der Waals surface area contributed by atoms with Gasteiger partial charge in [0.15, 0.2) is 0 Å². The van der Waals surface area contributed by atoms with Crippen LogP contribution in [-0.4, -0.2) is 19.6 Å². The van der Waals surface area contributed by atoms with E-state index in [-0.39, 0.29) is 17.8 Å². The van der Waals surface area contributed by atoms with Gasteiger partial charge < -0.3 is 10.1 Å². The molecule has 0 saturated heterocycles. The maximum atomic E-state index is 13.2. The highest BCUT2D eigenvalue weighted by Gasteiger charge is 2.12. The first kappa shape index (κ1) is 17.2. The minimum absolute atomic E-state index is 0.0145. The molecule has 23 heavy (non-hydrogen) atoms. The van der Waals surface area contributed by atoms with E-state index in [0.717, 1.165) is 18.4 Å². The Morgan fingerprint density at radius 2 is 1.96 bits per heavy atom. The van der Waals surface area contributed by atoms with E-state index < -0.39 is 0 Å². The lowest BCUT2D eigenvalue weighted by Crippen LogP contribution is -2.29. The molecule has 1 atom stereocenters. The highest BCUT2D eigenvalue weighted by atomic mass is 19.1. The summed E-state index contributed by atoms with van der Waals surface area (Å²) in [6.07, 6.45) is 1.80. The van der Waals surface area contributed by atoms with Crippen LogP contribution >= 0.6 is 0 Å². The highest BCUT2D eigenvalue weighted by Crippen LogP contribution is 2.16. The van der Waals surface area contributed by atoms with Gasteiger partial charge in [0.25, 0.3) is 0 Å². The fraction of sp³-hybridized carbons (Fsp3) is 0.316. The van der Waals surface area contributed by atoms with Crippen LogP contribution in [0.2, 0.25) is 0 Å². The van der Waals surface area contributed by atoms with Gasteiger partial charge in [-0.3, -0.25) is 4.79 Å². The van der Waals surface area contributed by atoms with Gasteiger partial charge in [-0.15, -0.1) is 0 Å². The van der Waals surface area contributed by atoms with Gasteiger partial charge in [-0.25, -0.2) is 4.39 Å². The molecule has 0 saturated carbocycles. The predicted molar refractivity (Wildman–Crippen MR) is 88.5 cm³/mol. The van der Waals surface area contributed by atoms with Crippen molar-refractivity contribution in [2.45, 2.75) is 25.4 Å². The van der Waals surface area contributed by atoms with Crippen molar-refractivity contribution in [1.29, 1.82) is 0 Å². The lowest BCUT2D eigenvalue weighted by molar-refractivity contribution is -0.121. The summed E-state index contributed by atoms with van der Waals surface area (Å²) in [6.45, 7) is 0.337. The van der Waals surface area contributed by atoms with Gasteiger partial charge in [-0.1, -0.05) is 42.5 Å². The quantitative estimate of drug-likeness (QED) is 0.807. The standard InChI is InChI=1S/C19H22FNO2/c1-23-18(16-10-6-11-17(20)13-16)14-21-19(22)12-5-9-15-7-3-2-4-8-15/h2-4,6-8,10-11,13,18H,5,9,12,14H2,1H3,(H,21,22). The van der Waals surface area contributed by atoms with Crippen LogP contribution in [0, 0.1) is 5.82 Å². The number of rotatable bonds is 8. The summed E-state index contributed by atoms with van der Waals surface area (Å²) in [5.41, 5.74) is 1.95. The Bertz CT molecular complexity index is 616. The third-order valence-electron chi connectivity index (χ3n) is 3.70. The Kier molecular flexibility index (Phi) is 6.76. The first-order valence-corrected chi connectivity index (χ1v) is 7.78. The van der Waals surface area contributed by atoms with Crippen LogP contribution in [0.1, 0.15) is 30.1 Å². The van der Waals surface area contributed by atoms with Crippen LogP contribution in [0.25, 0.3) is 0 Å². The average molecular weight is 315 g/mol. The molecule has 0 bridgehead atoms. The molecule has 0 radical (unpaired) electrons. The smallest absolute Gasteiger partial charge is 0.220 e. The minimum atomic E-state index is -0.344. The van der Waals surface area contributed by atoms with Gasteiger partial charge in [0, 0.05) is 20.1 Å². The molecule has 0 aliphatic rings. The van der Waals surface area contributed by atoms with Gasteiger partial charge in [-0.05, 0) is 36.1 Å². The zero-order valence-electron chi connectivity index (χ0n) is 13.3. The number of nitrogens with one attached hydrogen (secondary N) is 1. The van der Waals surface area contributed by atoms with Crippen LogP contribution in [0.15, 0.2) is 54.6 Å². The second kappa shape index (κ2) is 9.06. The summed E-state index contributed by atoms with van der Waals surface area (Å²) in [4.78, 5) is 11.9. The molecule has 1 amide bonds. The Morgan fingerprint density at radius 1 is 1.17 bits per heavy atom. The van der Waals surface area contributed by atoms with Crippen LogP contribution in [0.3, 0.4) is 0 Å². The number of benzene rings is 2. The normalized spacial score (nSPS) is 11.9. The molecule has 0 spiro atoms. The third-order valence-corrected chi connectivity index (χ3v) is 3.70. The lowest BCUT2D eigenvalue weighted by Gasteiger charge is -2.16. The Morgan fingerprint density at radius 3 is 2.65 bits per heavy atom. The first-order valence-electron chi connectivity index (χ1n) is 7.78. The van der Waals surface area contributed by atoms with Crippen molar-refractivity contribution in [3.05, 3.63) is 71.5 Å². The second-order valence-electron chi connectivity index (χ2n) is 5.42. The maximum absolute atomic E-state index is 13.2. The summed E-state index contributed by atoms with van der Waals surface area (Å²) in [7, 11) is 1.55.